The fraction of sp³-hybridized carbons (Fsp3) is 0. The second kappa shape index (κ2) is 2.51. The van der Waals surface area contributed by atoms with Gasteiger partial charge in [-0.1, -0.05) is 0 Å². The molecule has 0 saturated carbocycles. The van der Waals surface area contributed by atoms with Gasteiger partial charge in [-0.3, -0.25) is 0 Å². The minimum atomic E-state index is -1.17. The molecule has 0 radical (unpaired) electrons. The maximum Gasteiger partial charge on any atom is 0.188 e. The van der Waals surface area contributed by atoms with Crippen molar-refractivity contribution in [3.8, 4) is 11.5 Å². The number of hydrogen-bond donors (Lipinski definition) is 2. The molecule has 1 rings (SSSR count). The van der Waals surface area contributed by atoms with E-state index in [-0.39, 0.29) is 0 Å². The van der Waals surface area contributed by atoms with E-state index in [0.29, 0.717) is 12.1 Å². The van der Waals surface area contributed by atoms with Gasteiger partial charge < -0.3 is 10.2 Å². The van der Waals surface area contributed by atoms with Crippen molar-refractivity contribution in [3.05, 3.63) is 23.8 Å². The minimum Gasteiger partial charge on any atom is -0.508 e. The van der Waals surface area contributed by atoms with Crippen LogP contribution in [0.3, 0.4) is 0 Å². The van der Waals surface area contributed by atoms with Gasteiger partial charge in [-0.25, -0.2) is 8.78 Å². The molecule has 0 heterocycles. The number of phenolic OH excluding ortho intramolecular Hbond substituents is 2. The summed E-state index contributed by atoms with van der Waals surface area (Å²) < 4.78 is 24.4. The molecule has 0 fully saturated rings. The van der Waals surface area contributed by atoms with Crippen molar-refractivity contribution in [2.45, 2.75) is 0 Å². The van der Waals surface area contributed by atoms with Crippen molar-refractivity contribution in [1.29, 1.82) is 0 Å². The van der Waals surface area contributed by atoms with Gasteiger partial charge >= 0.3 is 0 Å². The molecule has 0 aliphatic carbocycles. The summed E-state index contributed by atoms with van der Waals surface area (Å²) >= 11 is 0. The molecule has 56 valence electrons. The fourth-order valence-corrected chi connectivity index (χ4v) is 0.552. The van der Waals surface area contributed by atoms with E-state index < -0.39 is 23.1 Å². The monoisotopic (exact) mass is 413 g/mol. The molecule has 5 heteroatoms. The van der Waals surface area contributed by atoms with Crippen LogP contribution in [0.2, 0.25) is 0 Å². The fourth-order valence-electron chi connectivity index (χ4n) is 0.552. The second-order valence-electron chi connectivity index (χ2n) is 1.76. The van der Waals surface area contributed by atoms with Gasteiger partial charge in [0.1, 0.15) is 5.75 Å². The van der Waals surface area contributed by atoms with Crippen LogP contribution >= 0.6 is 0 Å². The molecule has 0 aliphatic heterocycles. The quantitative estimate of drug-likeness (QED) is 0.632. The maximum absolute atomic E-state index is 12.2. The second-order valence-corrected chi connectivity index (χ2v) is 1.76. The Morgan fingerprint density at radius 3 is 1.73 bits per heavy atom. The number of hydrogen-bond acceptors (Lipinski definition) is 2. The average molecular weight is 413 g/mol. The maximum atomic E-state index is 12.2. The van der Waals surface area contributed by atoms with Gasteiger partial charge in [-0.05, 0) is 0 Å². The van der Waals surface area contributed by atoms with Gasteiger partial charge in [-0.2, -0.15) is 0 Å². The molecule has 2 nitrogen and oxygen atoms in total. The molecular formula is C6H4F2O2Rf. The first-order valence-electron chi connectivity index (χ1n) is 2.48. The summed E-state index contributed by atoms with van der Waals surface area (Å²) in [4.78, 5) is 0. The third kappa shape index (κ3) is 1.32. The first kappa shape index (κ1) is 8.68. The van der Waals surface area contributed by atoms with Crippen molar-refractivity contribution in [2.75, 3.05) is 0 Å². The van der Waals surface area contributed by atoms with Crippen LogP contribution in [0.4, 0.5) is 8.78 Å². The van der Waals surface area contributed by atoms with Gasteiger partial charge in [0.05, 0.1) is 0 Å². The molecule has 11 heavy (non-hydrogen) atoms. The number of benzene rings is 1. The van der Waals surface area contributed by atoms with Crippen LogP contribution in [-0.4, -0.2) is 10.2 Å². The number of rotatable bonds is 0. The molecule has 1 aromatic carbocycles. The van der Waals surface area contributed by atoms with Crippen molar-refractivity contribution in [1.82, 2.24) is 0 Å². The molecule has 0 saturated heterocycles. The summed E-state index contributed by atoms with van der Waals surface area (Å²) in [6.07, 6.45) is 0. The number of phenols is 2. The molecule has 0 aliphatic rings. The Morgan fingerprint density at radius 1 is 1.00 bits per heavy atom. The van der Waals surface area contributed by atoms with E-state index >= 15 is 0 Å². The van der Waals surface area contributed by atoms with E-state index in [1.165, 1.54) is 0 Å². The molecule has 0 bridgehead atoms. The molecule has 1 aromatic rings. The average Bonchev–Trinajstić information content (AvgIpc) is 1.82. The van der Waals surface area contributed by atoms with E-state index in [2.05, 4.69) is 0 Å². The summed E-state index contributed by atoms with van der Waals surface area (Å²) in [6, 6.07) is 1.25. The molecule has 0 spiro atoms. The zero-order valence-corrected chi connectivity index (χ0v) is 11.9. The zero-order chi connectivity index (χ0) is 7.72. The Balaban J connectivity index is 0.000001000. The molecule has 0 unspecified atom stereocenters. The van der Waals surface area contributed by atoms with Crippen molar-refractivity contribution < 1.29 is 19.0 Å². The molecule has 0 atom stereocenters. The normalized spacial score (nSPS) is 8.91. The summed E-state index contributed by atoms with van der Waals surface area (Å²) in [5.41, 5.74) is 0. The van der Waals surface area contributed by atoms with Crippen LogP contribution in [0.5, 0.6) is 11.5 Å². The van der Waals surface area contributed by atoms with Gasteiger partial charge in [0.15, 0.2) is 17.4 Å². The zero-order valence-electron chi connectivity index (χ0n) is 5.51. The predicted octanol–water partition coefficient (Wildman–Crippen LogP) is 1.38. The van der Waals surface area contributed by atoms with E-state index in [9.17, 15) is 8.78 Å². The summed E-state index contributed by atoms with van der Waals surface area (Å²) in [5.74, 6) is -3.96. The Hall–Kier alpha value is -2.32. The molecule has 0 amide bonds. The SMILES string of the molecule is Oc1cc(F)c(O)c(F)c1.[Rf]. The third-order valence-corrected chi connectivity index (χ3v) is 1.00. The van der Waals surface area contributed by atoms with E-state index in [1.807, 2.05) is 0 Å². The summed E-state index contributed by atoms with van der Waals surface area (Å²) in [5, 5.41) is 17.0. The largest absolute Gasteiger partial charge is 0.508 e. The van der Waals surface area contributed by atoms with Crippen LogP contribution in [0.15, 0.2) is 12.1 Å². The number of halogens is 2. The van der Waals surface area contributed by atoms with Crippen molar-refractivity contribution in [3.63, 3.8) is 0 Å². The van der Waals surface area contributed by atoms with Crippen LogP contribution in [-0.2, 0) is 0 Å². The predicted molar refractivity (Wildman–Crippen MR) is 29.7 cm³/mol. The van der Waals surface area contributed by atoms with E-state index in [1.54, 1.807) is 0 Å². The Morgan fingerprint density at radius 2 is 1.36 bits per heavy atom. The first-order chi connectivity index (χ1) is 4.61. The van der Waals surface area contributed by atoms with Gasteiger partial charge in [-0.15, -0.1) is 0 Å². The van der Waals surface area contributed by atoms with Crippen LogP contribution in [0.1, 0.15) is 0 Å². The smallest absolute Gasteiger partial charge is 0.188 e. The summed E-state index contributed by atoms with van der Waals surface area (Å²) in [6.45, 7) is 0. The molecule has 0 aromatic heterocycles. The van der Waals surface area contributed by atoms with Gasteiger partial charge in [0, 0.05) is 12.1 Å². The summed E-state index contributed by atoms with van der Waals surface area (Å²) in [7, 11) is 0. The number of aromatic hydroxyl groups is 2. The minimum absolute atomic E-state index is 0. The van der Waals surface area contributed by atoms with Crippen molar-refractivity contribution >= 4 is 0 Å². The van der Waals surface area contributed by atoms with Crippen LogP contribution in [0, 0.1) is 11.6 Å². The Labute approximate surface area is 55.4 Å². The van der Waals surface area contributed by atoms with Crippen LogP contribution < -0.4 is 0 Å². The van der Waals surface area contributed by atoms with Gasteiger partial charge in [0.25, 0.3) is 0 Å². The van der Waals surface area contributed by atoms with Gasteiger partial charge in [0.2, 0.25) is 0 Å². The van der Waals surface area contributed by atoms with E-state index in [0.717, 1.165) is 0 Å². The first-order valence-corrected chi connectivity index (χ1v) is 2.48. The Kier molecular flexibility index (Phi) is 1.98. The van der Waals surface area contributed by atoms with Crippen molar-refractivity contribution in [2.24, 2.45) is 0 Å². The Bertz CT molecular complexity index is 242. The third-order valence-electron chi connectivity index (χ3n) is 1.00. The topological polar surface area (TPSA) is 40.5 Å². The molecule has 2 N–H and O–H groups in total. The molecular weight excluding hydrogens is 409 g/mol. The van der Waals surface area contributed by atoms with Crippen LogP contribution in [0.25, 0.3) is 0 Å². The standard InChI is InChI=1S/C6H4F2O2.Rf/c7-4-1-3(9)2-5(8)6(4)10;/h1-2,9-10H;. The van der Waals surface area contributed by atoms with E-state index in [4.69, 9.17) is 10.2 Å².